The lowest BCUT2D eigenvalue weighted by Crippen LogP contribution is -2.35. The minimum absolute atomic E-state index is 0.0214. The van der Waals surface area contributed by atoms with Gasteiger partial charge in [0, 0.05) is 35.8 Å². The van der Waals surface area contributed by atoms with E-state index in [0.29, 0.717) is 6.54 Å². The van der Waals surface area contributed by atoms with Gasteiger partial charge in [-0.25, -0.2) is 4.98 Å². The van der Waals surface area contributed by atoms with Crippen molar-refractivity contribution in [2.24, 2.45) is 5.92 Å². The number of nitrogens with one attached hydrogen (secondary N) is 1. The fraction of sp³-hybridized carbons (Fsp3) is 0.333. The molecule has 3 aromatic rings. The van der Waals surface area contributed by atoms with E-state index in [1.165, 1.54) is 16.8 Å². The zero-order chi connectivity index (χ0) is 18.1. The minimum Gasteiger partial charge on any atom is -0.356 e. The maximum atomic E-state index is 12.6. The van der Waals surface area contributed by atoms with E-state index in [1.807, 2.05) is 24.3 Å². The Morgan fingerprint density at radius 3 is 2.88 bits per heavy atom. The zero-order valence-corrected chi connectivity index (χ0v) is 15.6. The highest BCUT2D eigenvalue weighted by molar-refractivity contribution is 6.30. The van der Waals surface area contributed by atoms with Crippen LogP contribution >= 0.6 is 11.6 Å². The predicted molar refractivity (Wildman–Crippen MR) is 104 cm³/mol. The molecule has 5 heteroatoms. The van der Waals surface area contributed by atoms with Crippen LogP contribution < -0.4 is 5.32 Å². The van der Waals surface area contributed by atoms with E-state index < -0.39 is 0 Å². The van der Waals surface area contributed by atoms with Crippen LogP contribution in [-0.2, 0) is 24.1 Å². The molecule has 0 radical (unpaired) electrons. The summed E-state index contributed by atoms with van der Waals surface area (Å²) in [6.45, 7) is 2.73. The van der Waals surface area contributed by atoms with Gasteiger partial charge in [-0.1, -0.05) is 29.8 Å². The van der Waals surface area contributed by atoms with E-state index in [0.717, 1.165) is 42.0 Å². The predicted octanol–water partition coefficient (Wildman–Crippen LogP) is 3.76. The summed E-state index contributed by atoms with van der Waals surface area (Å²) in [6, 6.07) is 11.9. The first-order chi connectivity index (χ1) is 12.6. The summed E-state index contributed by atoms with van der Waals surface area (Å²) in [4.78, 5) is 17.3. The molecule has 1 unspecified atom stereocenters. The van der Waals surface area contributed by atoms with Crippen molar-refractivity contribution < 1.29 is 4.79 Å². The average Bonchev–Trinajstić information content (AvgIpc) is 3.00. The molecule has 1 amide bonds. The number of aryl methyl sites for hydroxylation is 2. The fourth-order valence-corrected chi connectivity index (χ4v) is 3.79. The van der Waals surface area contributed by atoms with Crippen LogP contribution in [0.3, 0.4) is 0 Å². The quantitative estimate of drug-likeness (QED) is 0.763. The lowest BCUT2D eigenvalue weighted by Gasteiger charge is -2.21. The van der Waals surface area contributed by atoms with Gasteiger partial charge >= 0.3 is 0 Å². The van der Waals surface area contributed by atoms with Crippen LogP contribution in [0.15, 0.2) is 42.6 Å². The first-order valence-corrected chi connectivity index (χ1v) is 9.46. The summed E-state index contributed by atoms with van der Waals surface area (Å²) >= 11 is 5.90. The molecule has 1 aliphatic carbocycles. The number of pyridine rings is 1. The van der Waals surface area contributed by atoms with E-state index in [1.54, 1.807) is 0 Å². The molecule has 0 saturated carbocycles. The van der Waals surface area contributed by atoms with Crippen LogP contribution in [0.5, 0.6) is 0 Å². The first-order valence-electron chi connectivity index (χ1n) is 9.09. The first kappa shape index (κ1) is 17.1. The van der Waals surface area contributed by atoms with Crippen molar-refractivity contribution in [2.75, 3.05) is 6.54 Å². The Bertz CT molecular complexity index is 946. The van der Waals surface area contributed by atoms with E-state index in [2.05, 4.69) is 35.0 Å². The molecule has 0 saturated heterocycles. The highest BCUT2D eigenvalue weighted by Gasteiger charge is 2.27. The maximum Gasteiger partial charge on any atom is 0.223 e. The molecule has 134 valence electrons. The molecule has 0 bridgehead atoms. The van der Waals surface area contributed by atoms with Crippen molar-refractivity contribution in [3.63, 3.8) is 0 Å². The standard InChI is InChI=1S/C21H22ClN3O/c1-14-2-9-20-24-18-8-5-16(12-19(18)25(20)13-14)21(26)23-11-10-15-3-6-17(22)7-4-15/h2-4,6-7,9,13,16H,5,8,10-12H2,1H3,(H,23,26). The van der Waals surface area contributed by atoms with Crippen LogP contribution in [0.1, 0.15) is 28.9 Å². The highest BCUT2D eigenvalue weighted by Crippen LogP contribution is 2.26. The molecule has 1 aliphatic rings. The maximum absolute atomic E-state index is 12.6. The minimum atomic E-state index is 0.0214. The number of hydrogen-bond donors (Lipinski definition) is 1. The van der Waals surface area contributed by atoms with Gasteiger partial charge in [0.15, 0.2) is 0 Å². The number of fused-ring (bicyclic) bond motifs is 3. The monoisotopic (exact) mass is 367 g/mol. The zero-order valence-electron chi connectivity index (χ0n) is 14.8. The Kier molecular flexibility index (Phi) is 4.68. The molecule has 4 rings (SSSR count). The van der Waals surface area contributed by atoms with Crippen LogP contribution in [0, 0.1) is 12.8 Å². The molecule has 4 nitrogen and oxygen atoms in total. The number of rotatable bonds is 4. The summed E-state index contributed by atoms with van der Waals surface area (Å²) in [5.41, 5.74) is 5.68. The van der Waals surface area contributed by atoms with E-state index in [9.17, 15) is 4.79 Å². The summed E-state index contributed by atoms with van der Waals surface area (Å²) in [7, 11) is 0. The normalized spacial score (nSPS) is 16.5. The Hall–Kier alpha value is -2.33. The van der Waals surface area contributed by atoms with Crippen molar-refractivity contribution in [3.05, 3.63) is 70.1 Å². The lowest BCUT2D eigenvalue weighted by atomic mass is 9.89. The smallest absolute Gasteiger partial charge is 0.223 e. The third-order valence-corrected chi connectivity index (χ3v) is 5.37. The average molecular weight is 368 g/mol. The highest BCUT2D eigenvalue weighted by atomic mass is 35.5. The molecule has 26 heavy (non-hydrogen) atoms. The number of imidazole rings is 1. The topological polar surface area (TPSA) is 46.4 Å². The number of carbonyl (C=O) groups excluding carboxylic acids is 1. The number of amides is 1. The van der Waals surface area contributed by atoms with E-state index >= 15 is 0 Å². The molecule has 1 aromatic carbocycles. The molecule has 1 atom stereocenters. The SMILES string of the molecule is Cc1ccc2nc3c(n2c1)CC(C(=O)NCCc1ccc(Cl)cc1)CC3. The largest absolute Gasteiger partial charge is 0.356 e. The molecule has 0 fully saturated rings. The number of hydrogen-bond acceptors (Lipinski definition) is 2. The van der Waals surface area contributed by atoms with Gasteiger partial charge in [0.25, 0.3) is 0 Å². The number of benzene rings is 1. The summed E-state index contributed by atoms with van der Waals surface area (Å²) in [6.07, 6.45) is 5.42. The van der Waals surface area contributed by atoms with Crippen LogP contribution in [0.25, 0.3) is 5.65 Å². The van der Waals surface area contributed by atoms with Crippen molar-refractivity contribution in [1.29, 1.82) is 0 Å². The molecule has 2 aromatic heterocycles. The second-order valence-corrected chi connectivity index (χ2v) is 7.48. The van der Waals surface area contributed by atoms with Crippen LogP contribution in [-0.4, -0.2) is 21.8 Å². The molecule has 2 heterocycles. The van der Waals surface area contributed by atoms with Gasteiger partial charge in [0.05, 0.1) is 5.69 Å². The van der Waals surface area contributed by atoms with Gasteiger partial charge in [-0.2, -0.15) is 0 Å². The summed E-state index contributed by atoms with van der Waals surface area (Å²) in [5, 5.41) is 3.83. The molecule has 1 N–H and O–H groups in total. The van der Waals surface area contributed by atoms with Crippen molar-refractivity contribution in [1.82, 2.24) is 14.7 Å². The second-order valence-electron chi connectivity index (χ2n) is 7.05. The summed E-state index contributed by atoms with van der Waals surface area (Å²) < 4.78 is 2.15. The van der Waals surface area contributed by atoms with Gasteiger partial charge in [-0.3, -0.25) is 4.79 Å². The second kappa shape index (κ2) is 7.12. The van der Waals surface area contributed by atoms with Gasteiger partial charge in [0.2, 0.25) is 5.91 Å². The van der Waals surface area contributed by atoms with Gasteiger partial charge < -0.3 is 9.72 Å². The summed E-state index contributed by atoms with van der Waals surface area (Å²) in [5.74, 6) is 0.167. The number of halogens is 1. The Morgan fingerprint density at radius 1 is 1.27 bits per heavy atom. The Morgan fingerprint density at radius 2 is 2.08 bits per heavy atom. The Labute approximate surface area is 158 Å². The molecular formula is C21H22ClN3O. The van der Waals surface area contributed by atoms with Gasteiger partial charge in [-0.15, -0.1) is 0 Å². The third-order valence-electron chi connectivity index (χ3n) is 5.11. The van der Waals surface area contributed by atoms with E-state index in [-0.39, 0.29) is 11.8 Å². The number of aromatic nitrogens is 2. The number of carbonyl (C=O) groups is 1. The third kappa shape index (κ3) is 3.47. The molecule has 0 aliphatic heterocycles. The van der Waals surface area contributed by atoms with Gasteiger partial charge in [-0.05, 0) is 55.5 Å². The Balaban J connectivity index is 1.40. The lowest BCUT2D eigenvalue weighted by molar-refractivity contribution is -0.125. The van der Waals surface area contributed by atoms with Crippen molar-refractivity contribution >= 4 is 23.2 Å². The molecule has 0 spiro atoms. The van der Waals surface area contributed by atoms with Crippen molar-refractivity contribution in [3.8, 4) is 0 Å². The van der Waals surface area contributed by atoms with Gasteiger partial charge in [0.1, 0.15) is 5.65 Å². The van der Waals surface area contributed by atoms with Crippen LogP contribution in [0.2, 0.25) is 5.02 Å². The van der Waals surface area contributed by atoms with Crippen LogP contribution in [0.4, 0.5) is 0 Å². The molecular weight excluding hydrogens is 346 g/mol. The fourth-order valence-electron chi connectivity index (χ4n) is 3.66. The van der Waals surface area contributed by atoms with E-state index in [4.69, 9.17) is 16.6 Å². The number of nitrogens with zero attached hydrogens (tertiary/aromatic N) is 2. The van der Waals surface area contributed by atoms with Crippen molar-refractivity contribution in [2.45, 2.75) is 32.6 Å².